The number of nitrogens with zero attached hydrogens (tertiary/aromatic N) is 3. The number of carbonyl (C=O) groups is 4. The Morgan fingerprint density at radius 2 is 1.81 bits per heavy atom. The Balaban J connectivity index is 1.98. The standard InChI is InChI=1S/C17H17N3O6/c1-4-26-11-7-5-10(6-8-11)19-15(22)12-13(17(24)25-3)18-20(9(2)21)14(12)16(19)23/h5-8,12,14H,4H2,1-3H3. The molecule has 1 aromatic carbocycles. The first-order chi connectivity index (χ1) is 12.4. The highest BCUT2D eigenvalue weighted by Crippen LogP contribution is 2.35. The molecule has 0 bridgehead atoms. The van der Waals surface area contributed by atoms with Crippen LogP contribution in [0.2, 0.25) is 0 Å². The van der Waals surface area contributed by atoms with E-state index in [4.69, 9.17) is 4.74 Å². The third-order valence-electron chi connectivity index (χ3n) is 4.17. The molecule has 136 valence electrons. The number of amides is 3. The molecule has 9 nitrogen and oxygen atoms in total. The summed E-state index contributed by atoms with van der Waals surface area (Å²) in [5, 5.41) is 4.71. The summed E-state index contributed by atoms with van der Waals surface area (Å²) in [6.45, 7) is 3.53. The van der Waals surface area contributed by atoms with Crippen molar-refractivity contribution in [3.05, 3.63) is 24.3 Å². The Morgan fingerprint density at radius 1 is 1.15 bits per heavy atom. The lowest BCUT2D eigenvalue weighted by Gasteiger charge is -2.19. The van der Waals surface area contributed by atoms with Crippen LogP contribution in [0.15, 0.2) is 29.4 Å². The molecule has 0 aliphatic carbocycles. The molecule has 0 N–H and O–H groups in total. The fraction of sp³-hybridized carbons (Fsp3) is 0.353. The summed E-state index contributed by atoms with van der Waals surface area (Å²) < 4.78 is 9.97. The predicted molar refractivity (Wildman–Crippen MR) is 89.4 cm³/mol. The first kappa shape index (κ1) is 17.6. The van der Waals surface area contributed by atoms with Crippen LogP contribution in [0.5, 0.6) is 5.75 Å². The molecule has 1 fully saturated rings. The molecule has 0 radical (unpaired) electrons. The Bertz CT molecular complexity index is 816. The number of methoxy groups -OCH3 is 1. The van der Waals surface area contributed by atoms with Gasteiger partial charge in [-0.3, -0.25) is 14.4 Å². The molecule has 3 amide bonds. The highest BCUT2D eigenvalue weighted by molar-refractivity contribution is 6.47. The van der Waals surface area contributed by atoms with Crippen molar-refractivity contribution in [2.75, 3.05) is 18.6 Å². The van der Waals surface area contributed by atoms with E-state index in [1.165, 1.54) is 6.92 Å². The number of benzene rings is 1. The van der Waals surface area contributed by atoms with Crippen molar-refractivity contribution in [1.82, 2.24) is 5.01 Å². The summed E-state index contributed by atoms with van der Waals surface area (Å²) in [6, 6.07) is 5.21. The molecular weight excluding hydrogens is 342 g/mol. The molecule has 9 heteroatoms. The van der Waals surface area contributed by atoms with Crippen molar-refractivity contribution in [3.8, 4) is 5.75 Å². The van der Waals surface area contributed by atoms with E-state index in [0.29, 0.717) is 18.0 Å². The zero-order chi connectivity index (χ0) is 19.0. The predicted octanol–water partition coefficient (Wildman–Crippen LogP) is 0.334. The van der Waals surface area contributed by atoms with Crippen LogP contribution >= 0.6 is 0 Å². The number of anilines is 1. The van der Waals surface area contributed by atoms with Crippen LogP contribution in [-0.4, -0.2) is 54.2 Å². The number of rotatable bonds is 4. The van der Waals surface area contributed by atoms with Crippen LogP contribution in [0.4, 0.5) is 5.69 Å². The van der Waals surface area contributed by atoms with Crippen LogP contribution in [0.3, 0.4) is 0 Å². The molecule has 0 aromatic heterocycles. The molecule has 2 unspecified atom stereocenters. The quantitative estimate of drug-likeness (QED) is 0.567. The minimum atomic E-state index is -1.18. The summed E-state index contributed by atoms with van der Waals surface area (Å²) in [5.41, 5.74) is 0.0741. The summed E-state index contributed by atoms with van der Waals surface area (Å²) in [4.78, 5) is 50.4. The molecule has 3 rings (SSSR count). The summed E-state index contributed by atoms with van der Waals surface area (Å²) in [5.74, 6) is -3.23. The zero-order valence-corrected chi connectivity index (χ0v) is 14.5. The van der Waals surface area contributed by atoms with E-state index in [1.807, 2.05) is 6.92 Å². The normalized spacial score (nSPS) is 21.6. The fourth-order valence-corrected chi connectivity index (χ4v) is 3.06. The number of carbonyl (C=O) groups excluding carboxylic acids is 4. The summed E-state index contributed by atoms with van der Waals surface area (Å²) >= 11 is 0. The average Bonchev–Trinajstić information content (AvgIpc) is 3.13. The second-order valence-electron chi connectivity index (χ2n) is 5.70. The topological polar surface area (TPSA) is 106 Å². The van der Waals surface area contributed by atoms with Gasteiger partial charge in [0.05, 0.1) is 19.4 Å². The molecule has 1 aromatic rings. The van der Waals surface area contributed by atoms with Gasteiger partial charge < -0.3 is 9.47 Å². The molecular formula is C17H17N3O6. The van der Waals surface area contributed by atoms with Crippen molar-refractivity contribution in [1.29, 1.82) is 0 Å². The zero-order valence-electron chi connectivity index (χ0n) is 14.5. The lowest BCUT2D eigenvalue weighted by atomic mass is 9.98. The van der Waals surface area contributed by atoms with Crippen LogP contribution in [0.25, 0.3) is 0 Å². The minimum absolute atomic E-state index is 0.250. The molecule has 0 saturated carbocycles. The van der Waals surface area contributed by atoms with Crippen LogP contribution in [0.1, 0.15) is 13.8 Å². The van der Waals surface area contributed by atoms with E-state index in [0.717, 1.165) is 17.0 Å². The maximum atomic E-state index is 12.9. The van der Waals surface area contributed by atoms with Crippen LogP contribution in [-0.2, 0) is 23.9 Å². The lowest BCUT2D eigenvalue weighted by molar-refractivity contribution is -0.136. The number of fused-ring (bicyclic) bond motifs is 1. The summed E-state index contributed by atoms with van der Waals surface area (Å²) in [6.07, 6.45) is 0. The molecule has 1 saturated heterocycles. The van der Waals surface area contributed by atoms with Gasteiger partial charge in [-0.25, -0.2) is 14.7 Å². The van der Waals surface area contributed by atoms with Gasteiger partial charge >= 0.3 is 5.97 Å². The molecule has 2 atom stereocenters. The SMILES string of the molecule is CCOc1ccc(N2C(=O)C3C(C(=O)OC)=NN(C(C)=O)C3C2=O)cc1. The maximum absolute atomic E-state index is 12.9. The van der Waals surface area contributed by atoms with Gasteiger partial charge in [0, 0.05) is 6.92 Å². The van der Waals surface area contributed by atoms with Crippen LogP contribution < -0.4 is 9.64 Å². The van der Waals surface area contributed by atoms with Gasteiger partial charge in [0.2, 0.25) is 11.8 Å². The van der Waals surface area contributed by atoms with E-state index >= 15 is 0 Å². The van der Waals surface area contributed by atoms with Gasteiger partial charge in [-0.2, -0.15) is 5.10 Å². The smallest absolute Gasteiger partial charge is 0.355 e. The summed E-state index contributed by atoms with van der Waals surface area (Å²) in [7, 11) is 1.14. The average molecular weight is 359 g/mol. The number of hydrogen-bond donors (Lipinski definition) is 0. The second-order valence-corrected chi connectivity index (χ2v) is 5.70. The number of esters is 1. The monoisotopic (exact) mass is 359 g/mol. The Labute approximate surface area is 149 Å². The third kappa shape index (κ3) is 2.61. The van der Waals surface area contributed by atoms with Gasteiger partial charge in [-0.1, -0.05) is 0 Å². The Morgan fingerprint density at radius 3 is 2.35 bits per heavy atom. The second kappa shape index (κ2) is 6.58. The highest BCUT2D eigenvalue weighted by Gasteiger charge is 2.59. The van der Waals surface area contributed by atoms with Crippen LogP contribution in [0, 0.1) is 5.92 Å². The number of imide groups is 1. The van der Waals surface area contributed by atoms with Crippen molar-refractivity contribution in [3.63, 3.8) is 0 Å². The molecule has 2 aliphatic heterocycles. The molecule has 0 spiro atoms. The van der Waals surface area contributed by atoms with Gasteiger partial charge in [0.1, 0.15) is 11.7 Å². The number of hydrogen-bond acceptors (Lipinski definition) is 7. The fourth-order valence-electron chi connectivity index (χ4n) is 3.06. The number of ether oxygens (including phenoxy) is 2. The van der Waals surface area contributed by atoms with Gasteiger partial charge in [0.25, 0.3) is 5.91 Å². The molecule has 2 heterocycles. The largest absolute Gasteiger partial charge is 0.494 e. The van der Waals surface area contributed by atoms with Crippen molar-refractivity contribution >= 4 is 35.1 Å². The van der Waals surface area contributed by atoms with Crippen molar-refractivity contribution in [2.45, 2.75) is 19.9 Å². The van der Waals surface area contributed by atoms with Gasteiger partial charge in [-0.15, -0.1) is 0 Å². The van der Waals surface area contributed by atoms with Gasteiger partial charge in [0.15, 0.2) is 11.8 Å². The van der Waals surface area contributed by atoms with Crippen molar-refractivity contribution < 1.29 is 28.7 Å². The maximum Gasteiger partial charge on any atom is 0.355 e. The Hall–Kier alpha value is -3.23. The molecule has 2 aliphatic rings. The van der Waals surface area contributed by atoms with E-state index < -0.39 is 35.7 Å². The Kier molecular flexibility index (Phi) is 4.45. The molecule has 26 heavy (non-hydrogen) atoms. The lowest BCUT2D eigenvalue weighted by Crippen LogP contribution is -2.41. The van der Waals surface area contributed by atoms with E-state index in [9.17, 15) is 19.2 Å². The highest BCUT2D eigenvalue weighted by atomic mass is 16.5. The van der Waals surface area contributed by atoms with Gasteiger partial charge in [-0.05, 0) is 31.2 Å². The van der Waals surface area contributed by atoms with E-state index in [-0.39, 0.29) is 5.71 Å². The number of hydrazone groups is 1. The van der Waals surface area contributed by atoms with Crippen molar-refractivity contribution in [2.24, 2.45) is 11.0 Å². The third-order valence-corrected chi connectivity index (χ3v) is 4.17. The first-order valence-electron chi connectivity index (χ1n) is 7.98. The van der Waals surface area contributed by atoms with E-state index in [2.05, 4.69) is 9.84 Å². The minimum Gasteiger partial charge on any atom is -0.494 e. The van der Waals surface area contributed by atoms with E-state index in [1.54, 1.807) is 24.3 Å². The first-order valence-corrected chi connectivity index (χ1v) is 7.98.